The third-order valence-electron chi connectivity index (χ3n) is 12.6. The zero-order chi connectivity index (χ0) is 42.4. The summed E-state index contributed by atoms with van der Waals surface area (Å²) in [5.41, 5.74) is 16.5. The second-order valence-electron chi connectivity index (χ2n) is 16.4. The zero-order valence-electron chi connectivity index (χ0n) is 35.0. The lowest BCUT2D eigenvalue weighted by atomic mass is 9.84. The maximum Gasteiger partial charge on any atom is 0.159 e. The number of furan rings is 1. The second-order valence-corrected chi connectivity index (χ2v) is 16.4. The van der Waals surface area contributed by atoms with Gasteiger partial charge in [-0.05, 0) is 126 Å². The molecule has 0 radical (unpaired) electrons. The topological polar surface area (TPSA) is 16.4 Å². The van der Waals surface area contributed by atoms with Crippen molar-refractivity contribution in [1.82, 2.24) is 0 Å². The molecule has 0 atom stereocenters. The summed E-state index contributed by atoms with van der Waals surface area (Å²) in [6.07, 6.45) is 0. The highest BCUT2D eigenvalue weighted by Crippen LogP contribution is 2.48. The van der Waals surface area contributed by atoms with Gasteiger partial charge >= 0.3 is 0 Å². The van der Waals surface area contributed by atoms with E-state index in [1.807, 2.05) is 6.07 Å². The Morgan fingerprint density at radius 2 is 0.719 bits per heavy atom. The molecule has 12 rings (SSSR count). The quantitative estimate of drug-likeness (QED) is 0.142. The van der Waals surface area contributed by atoms with Gasteiger partial charge in [-0.15, -0.1) is 0 Å². The summed E-state index contributed by atoms with van der Waals surface area (Å²) in [6, 6.07) is 89.7. The van der Waals surface area contributed by atoms with E-state index in [0.29, 0.717) is 0 Å². The Morgan fingerprint density at radius 1 is 0.250 bits per heavy atom. The van der Waals surface area contributed by atoms with Crippen LogP contribution in [0.15, 0.2) is 253 Å². The zero-order valence-corrected chi connectivity index (χ0v) is 35.0. The van der Waals surface area contributed by atoms with Gasteiger partial charge in [-0.1, -0.05) is 200 Å². The van der Waals surface area contributed by atoms with Crippen molar-refractivity contribution in [3.63, 3.8) is 0 Å². The van der Waals surface area contributed by atoms with Gasteiger partial charge in [0.2, 0.25) is 0 Å². The Kier molecular flexibility index (Phi) is 9.20. The Labute approximate surface area is 372 Å². The molecule has 0 spiro atoms. The van der Waals surface area contributed by atoms with Crippen molar-refractivity contribution in [2.45, 2.75) is 0 Å². The molecule has 0 aliphatic rings. The first-order valence-corrected chi connectivity index (χ1v) is 21.9. The summed E-state index contributed by atoms with van der Waals surface area (Å²) in [6.45, 7) is 0. The van der Waals surface area contributed by atoms with Gasteiger partial charge < -0.3 is 9.32 Å². The molecule has 2 heteroatoms. The Balaban J connectivity index is 1.11. The van der Waals surface area contributed by atoms with Gasteiger partial charge in [-0.25, -0.2) is 0 Å². The molecular formula is C62H41NO. The van der Waals surface area contributed by atoms with Crippen LogP contribution in [0.4, 0.5) is 17.1 Å². The largest absolute Gasteiger partial charge is 0.454 e. The lowest BCUT2D eigenvalue weighted by Crippen LogP contribution is -2.11. The van der Waals surface area contributed by atoms with Gasteiger partial charge in [0.05, 0.1) is 5.69 Å². The smallest absolute Gasteiger partial charge is 0.159 e. The molecular weight excluding hydrogens is 775 g/mol. The van der Waals surface area contributed by atoms with Crippen molar-refractivity contribution in [3.05, 3.63) is 249 Å². The summed E-state index contributed by atoms with van der Waals surface area (Å²) in [7, 11) is 0. The average molecular weight is 816 g/mol. The summed E-state index contributed by atoms with van der Waals surface area (Å²) < 4.78 is 6.80. The molecule has 300 valence electrons. The average Bonchev–Trinajstić information content (AvgIpc) is 3.76. The Bertz CT molecular complexity index is 3590. The van der Waals surface area contributed by atoms with E-state index in [1.165, 1.54) is 43.8 Å². The summed E-state index contributed by atoms with van der Waals surface area (Å²) in [4.78, 5) is 2.38. The van der Waals surface area contributed by atoms with Crippen molar-refractivity contribution in [3.8, 4) is 55.6 Å². The number of para-hydroxylation sites is 2. The third kappa shape index (κ3) is 6.52. The Hall–Kier alpha value is -8.46. The molecule has 1 heterocycles. The molecule has 0 amide bonds. The maximum atomic E-state index is 6.80. The number of rotatable bonds is 8. The van der Waals surface area contributed by atoms with E-state index < -0.39 is 0 Å². The van der Waals surface area contributed by atoms with Crippen molar-refractivity contribution >= 4 is 60.5 Å². The van der Waals surface area contributed by atoms with Gasteiger partial charge in [0.15, 0.2) is 5.58 Å². The van der Waals surface area contributed by atoms with Crippen LogP contribution in [0, 0.1) is 0 Å². The molecule has 0 saturated heterocycles. The summed E-state index contributed by atoms with van der Waals surface area (Å²) in [5, 5.41) is 7.13. The van der Waals surface area contributed by atoms with E-state index in [4.69, 9.17) is 4.42 Å². The molecule has 0 aliphatic heterocycles. The van der Waals surface area contributed by atoms with Gasteiger partial charge in [0.1, 0.15) is 5.58 Å². The van der Waals surface area contributed by atoms with Crippen LogP contribution in [0.5, 0.6) is 0 Å². The van der Waals surface area contributed by atoms with Crippen LogP contribution in [0.1, 0.15) is 0 Å². The van der Waals surface area contributed by atoms with E-state index >= 15 is 0 Å². The van der Waals surface area contributed by atoms with E-state index in [-0.39, 0.29) is 0 Å². The number of fused-ring (bicyclic) bond motifs is 6. The molecule has 0 aliphatic carbocycles. The van der Waals surface area contributed by atoms with Gasteiger partial charge in [0.25, 0.3) is 0 Å². The van der Waals surface area contributed by atoms with E-state index in [0.717, 1.165) is 72.4 Å². The highest BCUT2D eigenvalue weighted by atomic mass is 16.3. The Morgan fingerprint density at radius 3 is 1.38 bits per heavy atom. The molecule has 11 aromatic carbocycles. The molecule has 0 N–H and O–H groups in total. The minimum Gasteiger partial charge on any atom is -0.454 e. The standard InChI is InChI=1S/C62H41NO/c1-5-19-42(20-6-1)48-37-49(43-21-7-2-8-22-43)40-51(39-48)63(58-33-18-32-56-54-30-15-16-34-59(54)64-62(56)58)50-28-17-27-46(38-50)47-35-36-53-52-29-13-14-31-55(52)60(44-23-9-3-10-24-44)61(57(53)41-47)45-25-11-4-12-26-45/h1-41H. The lowest BCUT2D eigenvalue weighted by Gasteiger charge is -2.27. The first kappa shape index (κ1) is 37.3. The minimum absolute atomic E-state index is 0.846. The minimum atomic E-state index is 0.846. The number of hydrogen-bond donors (Lipinski definition) is 0. The van der Waals surface area contributed by atoms with E-state index in [9.17, 15) is 0 Å². The predicted molar refractivity (Wildman–Crippen MR) is 271 cm³/mol. The number of hydrogen-bond acceptors (Lipinski definition) is 2. The van der Waals surface area contributed by atoms with Crippen LogP contribution in [0.3, 0.4) is 0 Å². The number of nitrogens with zero attached hydrogens (tertiary/aromatic N) is 1. The van der Waals surface area contributed by atoms with Crippen LogP contribution >= 0.6 is 0 Å². The molecule has 1 aromatic heterocycles. The van der Waals surface area contributed by atoms with Crippen molar-refractivity contribution in [2.24, 2.45) is 0 Å². The second kappa shape index (κ2) is 15.8. The fourth-order valence-corrected chi connectivity index (χ4v) is 9.68. The van der Waals surface area contributed by atoms with Gasteiger partial charge in [0, 0.05) is 22.1 Å². The predicted octanol–water partition coefficient (Wildman–Crippen LogP) is 17.7. The molecule has 2 nitrogen and oxygen atoms in total. The molecule has 0 bridgehead atoms. The van der Waals surface area contributed by atoms with Crippen LogP contribution in [-0.4, -0.2) is 0 Å². The van der Waals surface area contributed by atoms with Gasteiger partial charge in [-0.3, -0.25) is 0 Å². The molecule has 0 fully saturated rings. The van der Waals surface area contributed by atoms with E-state index in [1.54, 1.807) is 0 Å². The maximum absolute atomic E-state index is 6.80. The molecule has 64 heavy (non-hydrogen) atoms. The molecule has 12 aromatic rings. The number of anilines is 3. The van der Waals surface area contributed by atoms with E-state index in [2.05, 4.69) is 248 Å². The lowest BCUT2D eigenvalue weighted by molar-refractivity contribution is 0.669. The summed E-state index contributed by atoms with van der Waals surface area (Å²) in [5.74, 6) is 0. The van der Waals surface area contributed by atoms with Crippen molar-refractivity contribution < 1.29 is 4.42 Å². The normalized spacial score (nSPS) is 11.4. The highest BCUT2D eigenvalue weighted by molar-refractivity contribution is 6.22. The SMILES string of the molecule is c1ccc(-c2cc(-c3ccccc3)cc(N(c3cccc(-c4ccc5c(c4)c(-c4ccccc4)c(-c4ccccc4)c4ccccc45)c3)c3cccc4c3oc3ccccc34)c2)cc1. The van der Waals surface area contributed by atoms with Gasteiger partial charge in [-0.2, -0.15) is 0 Å². The first-order valence-electron chi connectivity index (χ1n) is 21.9. The third-order valence-corrected chi connectivity index (χ3v) is 12.6. The van der Waals surface area contributed by atoms with Crippen LogP contribution < -0.4 is 4.90 Å². The van der Waals surface area contributed by atoms with Crippen LogP contribution in [0.2, 0.25) is 0 Å². The fraction of sp³-hybridized carbons (Fsp3) is 0. The van der Waals surface area contributed by atoms with Crippen molar-refractivity contribution in [1.29, 1.82) is 0 Å². The molecule has 0 unspecified atom stereocenters. The summed E-state index contributed by atoms with van der Waals surface area (Å²) >= 11 is 0. The fourth-order valence-electron chi connectivity index (χ4n) is 9.68. The van der Waals surface area contributed by atoms with Crippen molar-refractivity contribution in [2.75, 3.05) is 4.90 Å². The van der Waals surface area contributed by atoms with Crippen LogP contribution in [-0.2, 0) is 0 Å². The monoisotopic (exact) mass is 815 g/mol. The molecule has 0 saturated carbocycles. The highest BCUT2D eigenvalue weighted by Gasteiger charge is 2.23. The van der Waals surface area contributed by atoms with Crippen LogP contribution in [0.25, 0.3) is 99.1 Å². The number of benzene rings is 11. The first-order chi connectivity index (χ1) is 31.7.